The molecule has 1 N–H and O–H groups in total. The molecule has 3 rings (SSSR count). The molecule has 0 aliphatic carbocycles. The number of nitrogens with zero attached hydrogens (tertiary/aromatic N) is 1. The first kappa shape index (κ1) is 20.3. The van der Waals surface area contributed by atoms with Gasteiger partial charge in [0, 0.05) is 22.7 Å². The lowest BCUT2D eigenvalue weighted by Gasteiger charge is -2.28. The minimum Gasteiger partial charge on any atom is -0.348 e. The molecule has 4 heteroatoms. The highest BCUT2D eigenvalue weighted by atomic mass is 32.1. The Morgan fingerprint density at radius 1 is 0.926 bits per heavy atom. The summed E-state index contributed by atoms with van der Waals surface area (Å²) in [6.45, 7) is 16.2. The predicted molar refractivity (Wildman–Crippen MR) is 119 cm³/mol. The van der Waals surface area contributed by atoms with Gasteiger partial charge in [0.2, 0.25) is 0 Å². The average Bonchev–Trinajstić information content (AvgIpc) is 3.27. The van der Waals surface area contributed by atoms with Crippen molar-refractivity contribution in [2.24, 2.45) is 0 Å². The molecule has 0 aliphatic heterocycles. The van der Waals surface area contributed by atoms with Crippen LogP contribution in [0.1, 0.15) is 75.9 Å². The number of thiophene rings is 2. The van der Waals surface area contributed by atoms with Gasteiger partial charge in [-0.25, -0.2) is 4.98 Å². The molecule has 0 saturated carbocycles. The Balaban J connectivity index is 1.82. The molecule has 3 aromatic heterocycles. The molecule has 0 aromatic carbocycles. The SMILES string of the molecule is CC(C)(C)c1cc(CC(C)(C)c2cscc2CC(C)(C)c2ncc[nH]2)cs1. The first-order chi connectivity index (χ1) is 12.5. The standard InChI is InChI=1S/C23H32N2S2/c1-21(2,3)19-10-16(13-27-19)11-22(4,5)18-15-26-14-17(18)12-23(6,7)20-24-8-9-25-20/h8-10,13-15H,11-12H2,1-7H3,(H,24,25). The van der Waals surface area contributed by atoms with E-state index >= 15 is 0 Å². The van der Waals surface area contributed by atoms with Crippen molar-refractivity contribution in [2.75, 3.05) is 0 Å². The monoisotopic (exact) mass is 400 g/mol. The summed E-state index contributed by atoms with van der Waals surface area (Å²) in [7, 11) is 0. The zero-order valence-corrected chi connectivity index (χ0v) is 19.3. The van der Waals surface area contributed by atoms with Crippen molar-refractivity contribution in [3.63, 3.8) is 0 Å². The lowest BCUT2D eigenvalue weighted by Crippen LogP contribution is -2.26. The molecule has 27 heavy (non-hydrogen) atoms. The summed E-state index contributed by atoms with van der Waals surface area (Å²) in [6.07, 6.45) is 5.84. The smallest absolute Gasteiger partial charge is 0.112 e. The van der Waals surface area contributed by atoms with Crippen LogP contribution in [0.5, 0.6) is 0 Å². The minimum atomic E-state index is -0.00279. The lowest BCUT2D eigenvalue weighted by molar-refractivity contribution is 0.473. The van der Waals surface area contributed by atoms with Gasteiger partial charge in [-0.2, -0.15) is 11.3 Å². The molecule has 0 unspecified atom stereocenters. The van der Waals surface area contributed by atoms with E-state index in [0.29, 0.717) is 0 Å². The summed E-state index contributed by atoms with van der Waals surface area (Å²) in [5, 5.41) is 7.03. The first-order valence-electron chi connectivity index (χ1n) is 9.62. The van der Waals surface area contributed by atoms with E-state index in [9.17, 15) is 0 Å². The van der Waals surface area contributed by atoms with Gasteiger partial charge < -0.3 is 4.98 Å². The third kappa shape index (κ3) is 4.55. The van der Waals surface area contributed by atoms with Crippen LogP contribution in [0, 0.1) is 0 Å². The van der Waals surface area contributed by atoms with Crippen molar-refractivity contribution in [3.05, 3.63) is 62.0 Å². The second kappa shape index (κ2) is 7.21. The molecule has 0 amide bonds. The summed E-state index contributed by atoms with van der Waals surface area (Å²) in [5.74, 6) is 1.06. The fraction of sp³-hybridized carbons (Fsp3) is 0.522. The molecule has 0 bridgehead atoms. The Morgan fingerprint density at radius 2 is 1.67 bits per heavy atom. The zero-order chi connectivity index (χ0) is 19.9. The highest BCUT2D eigenvalue weighted by molar-refractivity contribution is 7.10. The summed E-state index contributed by atoms with van der Waals surface area (Å²) < 4.78 is 0. The van der Waals surface area contributed by atoms with Crippen molar-refractivity contribution >= 4 is 22.7 Å². The normalized spacial score (nSPS) is 13.3. The van der Waals surface area contributed by atoms with Crippen molar-refractivity contribution < 1.29 is 0 Å². The molecule has 0 fully saturated rings. The van der Waals surface area contributed by atoms with Gasteiger partial charge in [0.05, 0.1) is 0 Å². The van der Waals surface area contributed by atoms with Gasteiger partial charge >= 0.3 is 0 Å². The predicted octanol–water partition coefficient (Wildman–Crippen LogP) is 6.87. The summed E-state index contributed by atoms with van der Waals surface area (Å²) in [4.78, 5) is 9.27. The van der Waals surface area contributed by atoms with Crippen LogP contribution in [0.25, 0.3) is 0 Å². The summed E-state index contributed by atoms with van der Waals surface area (Å²) >= 11 is 3.72. The molecule has 0 aliphatic rings. The van der Waals surface area contributed by atoms with E-state index in [2.05, 4.69) is 80.6 Å². The number of aromatic amines is 1. The van der Waals surface area contributed by atoms with E-state index in [1.807, 2.05) is 35.1 Å². The van der Waals surface area contributed by atoms with Crippen LogP contribution < -0.4 is 0 Å². The molecule has 3 aromatic rings. The van der Waals surface area contributed by atoms with Gasteiger partial charge in [0.15, 0.2) is 0 Å². The molecule has 0 saturated heterocycles. The van der Waals surface area contributed by atoms with Crippen LogP contribution in [0.4, 0.5) is 0 Å². The second-order valence-corrected chi connectivity index (χ2v) is 11.6. The number of hydrogen-bond acceptors (Lipinski definition) is 3. The summed E-state index contributed by atoms with van der Waals surface area (Å²) in [5.41, 5.74) is 4.74. The van der Waals surface area contributed by atoms with Crippen LogP contribution in [0.2, 0.25) is 0 Å². The van der Waals surface area contributed by atoms with E-state index in [4.69, 9.17) is 0 Å². The van der Waals surface area contributed by atoms with E-state index < -0.39 is 0 Å². The van der Waals surface area contributed by atoms with Gasteiger partial charge in [-0.1, -0.05) is 48.5 Å². The number of rotatable bonds is 6. The van der Waals surface area contributed by atoms with Crippen molar-refractivity contribution in [2.45, 2.75) is 77.6 Å². The van der Waals surface area contributed by atoms with Crippen molar-refractivity contribution in [1.82, 2.24) is 9.97 Å². The van der Waals surface area contributed by atoms with E-state index in [0.717, 1.165) is 18.7 Å². The fourth-order valence-corrected chi connectivity index (χ4v) is 5.77. The van der Waals surface area contributed by atoms with Gasteiger partial charge in [0.25, 0.3) is 0 Å². The Bertz CT molecular complexity index is 874. The van der Waals surface area contributed by atoms with E-state index in [1.165, 1.54) is 21.6 Å². The van der Waals surface area contributed by atoms with Gasteiger partial charge in [0.1, 0.15) is 5.82 Å². The van der Waals surface area contributed by atoms with Gasteiger partial charge in [-0.15, -0.1) is 11.3 Å². The number of H-pyrrole nitrogens is 1. The van der Waals surface area contributed by atoms with E-state index in [1.54, 1.807) is 0 Å². The number of aromatic nitrogens is 2. The zero-order valence-electron chi connectivity index (χ0n) is 17.6. The van der Waals surface area contributed by atoms with Gasteiger partial charge in [-0.05, 0) is 62.6 Å². The molecular weight excluding hydrogens is 368 g/mol. The van der Waals surface area contributed by atoms with Gasteiger partial charge in [-0.3, -0.25) is 0 Å². The van der Waals surface area contributed by atoms with Crippen LogP contribution in [0.3, 0.4) is 0 Å². The maximum absolute atomic E-state index is 4.50. The molecule has 0 atom stereocenters. The average molecular weight is 401 g/mol. The molecule has 0 spiro atoms. The quantitative estimate of drug-likeness (QED) is 0.480. The Hall–Kier alpha value is -1.39. The Labute approximate surface area is 172 Å². The summed E-state index contributed by atoms with van der Waals surface area (Å²) in [6, 6.07) is 2.41. The van der Waals surface area contributed by atoms with Crippen LogP contribution in [-0.4, -0.2) is 9.97 Å². The van der Waals surface area contributed by atoms with Crippen molar-refractivity contribution in [3.8, 4) is 0 Å². The lowest BCUT2D eigenvalue weighted by atomic mass is 9.75. The third-order valence-electron chi connectivity index (χ3n) is 5.28. The fourth-order valence-electron chi connectivity index (χ4n) is 3.72. The Morgan fingerprint density at radius 3 is 2.26 bits per heavy atom. The maximum Gasteiger partial charge on any atom is 0.112 e. The molecule has 146 valence electrons. The molecule has 0 radical (unpaired) electrons. The number of imidazole rings is 1. The molecule has 2 nitrogen and oxygen atoms in total. The third-order valence-corrected chi connectivity index (χ3v) is 7.48. The van der Waals surface area contributed by atoms with E-state index in [-0.39, 0.29) is 16.2 Å². The minimum absolute atomic E-state index is 0.00279. The first-order valence-corrected chi connectivity index (χ1v) is 11.4. The van der Waals surface area contributed by atoms with Crippen molar-refractivity contribution in [1.29, 1.82) is 0 Å². The number of nitrogens with one attached hydrogen (secondary N) is 1. The largest absolute Gasteiger partial charge is 0.348 e. The van der Waals surface area contributed by atoms with Crippen LogP contribution >= 0.6 is 22.7 Å². The van der Waals surface area contributed by atoms with Crippen LogP contribution in [-0.2, 0) is 29.1 Å². The molecular formula is C23H32N2S2. The highest BCUT2D eigenvalue weighted by Crippen LogP contribution is 2.38. The Kier molecular flexibility index (Phi) is 5.44. The van der Waals surface area contributed by atoms with Crippen LogP contribution in [0.15, 0.2) is 34.6 Å². The molecule has 3 heterocycles. The second-order valence-electron chi connectivity index (χ2n) is 9.94. The number of hydrogen-bond donors (Lipinski definition) is 1. The highest BCUT2D eigenvalue weighted by Gasteiger charge is 2.30. The maximum atomic E-state index is 4.50. The topological polar surface area (TPSA) is 28.7 Å².